The van der Waals surface area contributed by atoms with E-state index in [1.165, 1.54) is 0 Å². The van der Waals surface area contributed by atoms with E-state index in [4.69, 9.17) is 27.9 Å². The van der Waals surface area contributed by atoms with E-state index in [0.29, 0.717) is 22.3 Å². The normalized spacial score (nSPS) is 13.2. The number of nitrogens with one attached hydrogen (secondary N) is 2. The monoisotopic (exact) mass is 352 g/mol. The van der Waals surface area contributed by atoms with E-state index in [1.54, 1.807) is 37.4 Å². The van der Waals surface area contributed by atoms with Crippen molar-refractivity contribution in [1.82, 2.24) is 5.32 Å². The van der Waals surface area contributed by atoms with E-state index >= 15 is 0 Å². The number of carbonyl (C=O) groups is 1. The Balaban J connectivity index is 1.99. The minimum absolute atomic E-state index is 0.295. The SMILES string of the molecule is COC(C)(CNC(=O)Nc1ccc(Cl)cc1)c1cccc(Cl)c1. The number of rotatable bonds is 5. The van der Waals surface area contributed by atoms with Crippen LogP contribution in [-0.4, -0.2) is 19.7 Å². The summed E-state index contributed by atoms with van der Waals surface area (Å²) in [6.45, 7) is 2.19. The Kier molecular flexibility index (Phi) is 5.88. The van der Waals surface area contributed by atoms with Gasteiger partial charge in [-0.25, -0.2) is 4.79 Å². The molecule has 4 nitrogen and oxygen atoms in total. The van der Waals surface area contributed by atoms with Gasteiger partial charge in [0.2, 0.25) is 0 Å². The highest BCUT2D eigenvalue weighted by atomic mass is 35.5. The molecule has 23 heavy (non-hydrogen) atoms. The molecule has 1 unspecified atom stereocenters. The number of hydrogen-bond donors (Lipinski definition) is 2. The molecule has 2 aromatic carbocycles. The lowest BCUT2D eigenvalue weighted by atomic mass is 9.96. The molecule has 0 aromatic heterocycles. The lowest BCUT2D eigenvalue weighted by Crippen LogP contribution is -2.41. The summed E-state index contributed by atoms with van der Waals surface area (Å²) in [6, 6.07) is 13.9. The van der Waals surface area contributed by atoms with Gasteiger partial charge in [-0.1, -0.05) is 35.3 Å². The second-order valence-electron chi connectivity index (χ2n) is 5.26. The van der Waals surface area contributed by atoms with E-state index in [-0.39, 0.29) is 6.03 Å². The maximum atomic E-state index is 12.0. The summed E-state index contributed by atoms with van der Waals surface area (Å²) in [6.07, 6.45) is 0. The molecule has 2 N–H and O–H groups in total. The first-order valence-electron chi connectivity index (χ1n) is 7.04. The van der Waals surface area contributed by atoms with Gasteiger partial charge in [-0.05, 0) is 48.9 Å². The van der Waals surface area contributed by atoms with Crippen molar-refractivity contribution in [2.45, 2.75) is 12.5 Å². The van der Waals surface area contributed by atoms with Crippen molar-refractivity contribution in [1.29, 1.82) is 0 Å². The second-order valence-corrected chi connectivity index (χ2v) is 6.13. The molecule has 1 atom stereocenters. The first-order chi connectivity index (χ1) is 10.9. The van der Waals surface area contributed by atoms with E-state index in [0.717, 1.165) is 5.56 Å². The van der Waals surface area contributed by atoms with Crippen LogP contribution in [0.3, 0.4) is 0 Å². The third kappa shape index (κ3) is 4.86. The fraction of sp³-hybridized carbons (Fsp3) is 0.235. The van der Waals surface area contributed by atoms with Gasteiger partial charge in [0.1, 0.15) is 5.60 Å². The average Bonchev–Trinajstić information content (AvgIpc) is 2.55. The smallest absolute Gasteiger partial charge is 0.319 e. The molecule has 0 spiro atoms. The van der Waals surface area contributed by atoms with Gasteiger partial charge in [-0.15, -0.1) is 0 Å². The zero-order valence-corrected chi connectivity index (χ0v) is 14.4. The number of hydrogen-bond acceptors (Lipinski definition) is 2. The van der Waals surface area contributed by atoms with Crippen LogP contribution in [0.5, 0.6) is 0 Å². The standard InChI is InChI=1S/C17H18Cl2N2O2/c1-17(23-2,12-4-3-5-14(19)10-12)11-20-16(22)21-15-8-6-13(18)7-9-15/h3-10H,11H2,1-2H3,(H2,20,21,22). The fourth-order valence-corrected chi connectivity index (χ4v) is 2.38. The quantitative estimate of drug-likeness (QED) is 0.820. The lowest BCUT2D eigenvalue weighted by molar-refractivity contribution is 0.00521. The van der Waals surface area contributed by atoms with Crippen LogP contribution in [0.1, 0.15) is 12.5 Å². The number of urea groups is 1. The lowest BCUT2D eigenvalue weighted by Gasteiger charge is -2.29. The maximum Gasteiger partial charge on any atom is 0.319 e. The number of ether oxygens (including phenoxy) is 1. The predicted octanol–water partition coefficient (Wildman–Crippen LogP) is 4.68. The van der Waals surface area contributed by atoms with Crippen molar-refractivity contribution in [2.24, 2.45) is 0 Å². The Morgan fingerprint density at radius 3 is 2.43 bits per heavy atom. The first-order valence-corrected chi connectivity index (χ1v) is 7.80. The van der Waals surface area contributed by atoms with Gasteiger partial charge < -0.3 is 15.4 Å². The summed E-state index contributed by atoms with van der Waals surface area (Å²) in [4.78, 5) is 12.0. The molecule has 0 fully saturated rings. The largest absolute Gasteiger partial charge is 0.372 e. The molecular weight excluding hydrogens is 335 g/mol. The zero-order chi connectivity index (χ0) is 16.9. The van der Waals surface area contributed by atoms with Crippen LogP contribution in [0.25, 0.3) is 0 Å². The van der Waals surface area contributed by atoms with Crippen molar-refractivity contribution < 1.29 is 9.53 Å². The molecular formula is C17H18Cl2N2O2. The van der Waals surface area contributed by atoms with Gasteiger partial charge in [0.15, 0.2) is 0 Å². The Morgan fingerprint density at radius 2 is 1.83 bits per heavy atom. The number of benzene rings is 2. The third-order valence-electron chi connectivity index (χ3n) is 3.57. The van der Waals surface area contributed by atoms with Crippen molar-refractivity contribution in [2.75, 3.05) is 19.0 Å². The molecule has 0 aliphatic rings. The van der Waals surface area contributed by atoms with E-state index < -0.39 is 5.60 Å². The molecule has 0 saturated heterocycles. The summed E-state index contributed by atoms with van der Waals surface area (Å²) < 4.78 is 5.58. The van der Waals surface area contributed by atoms with Gasteiger partial charge in [-0.3, -0.25) is 0 Å². The van der Waals surface area contributed by atoms with Gasteiger partial charge in [0.25, 0.3) is 0 Å². The van der Waals surface area contributed by atoms with Crippen molar-refractivity contribution in [3.8, 4) is 0 Å². The maximum absolute atomic E-state index is 12.0. The van der Waals surface area contributed by atoms with Crippen LogP contribution in [-0.2, 0) is 10.3 Å². The Morgan fingerprint density at radius 1 is 1.13 bits per heavy atom. The van der Waals surface area contributed by atoms with Crippen molar-refractivity contribution >= 4 is 34.9 Å². The average molecular weight is 353 g/mol. The summed E-state index contributed by atoms with van der Waals surface area (Å²) in [5.74, 6) is 0. The first kappa shape index (κ1) is 17.6. The highest BCUT2D eigenvalue weighted by Gasteiger charge is 2.27. The van der Waals surface area contributed by atoms with E-state index in [2.05, 4.69) is 10.6 Å². The van der Waals surface area contributed by atoms with Crippen LogP contribution in [0.2, 0.25) is 10.0 Å². The third-order valence-corrected chi connectivity index (χ3v) is 4.06. The molecule has 0 radical (unpaired) electrons. The Hall–Kier alpha value is -1.75. The van der Waals surface area contributed by atoms with E-state index in [9.17, 15) is 4.79 Å². The van der Waals surface area contributed by atoms with Crippen molar-refractivity contribution in [3.05, 3.63) is 64.1 Å². The summed E-state index contributed by atoms with van der Waals surface area (Å²) in [5, 5.41) is 6.78. The molecule has 2 amide bonds. The summed E-state index contributed by atoms with van der Waals surface area (Å²) in [5.41, 5.74) is 0.871. The van der Waals surface area contributed by atoms with Gasteiger partial charge >= 0.3 is 6.03 Å². The highest BCUT2D eigenvalue weighted by Crippen LogP contribution is 2.26. The number of carbonyl (C=O) groups excluding carboxylic acids is 1. The predicted molar refractivity (Wildman–Crippen MR) is 94.3 cm³/mol. The minimum Gasteiger partial charge on any atom is -0.372 e. The van der Waals surface area contributed by atoms with Gasteiger partial charge in [-0.2, -0.15) is 0 Å². The Labute approximate surface area is 145 Å². The summed E-state index contributed by atoms with van der Waals surface area (Å²) in [7, 11) is 1.60. The molecule has 0 bridgehead atoms. The minimum atomic E-state index is -0.678. The molecule has 6 heteroatoms. The molecule has 2 aromatic rings. The van der Waals surface area contributed by atoms with E-state index in [1.807, 2.05) is 25.1 Å². The molecule has 0 aliphatic heterocycles. The topological polar surface area (TPSA) is 50.4 Å². The van der Waals surface area contributed by atoms with Crippen LogP contribution in [0.15, 0.2) is 48.5 Å². The number of amides is 2. The molecule has 0 heterocycles. The zero-order valence-electron chi connectivity index (χ0n) is 12.9. The molecule has 0 saturated carbocycles. The number of halogens is 2. The highest BCUT2D eigenvalue weighted by molar-refractivity contribution is 6.30. The van der Waals surface area contributed by atoms with Gasteiger partial charge in [0.05, 0.1) is 6.54 Å². The number of anilines is 1. The van der Waals surface area contributed by atoms with Crippen molar-refractivity contribution in [3.63, 3.8) is 0 Å². The molecule has 0 aliphatic carbocycles. The van der Waals surface area contributed by atoms with Crippen LogP contribution >= 0.6 is 23.2 Å². The van der Waals surface area contributed by atoms with Crippen LogP contribution in [0, 0.1) is 0 Å². The fourth-order valence-electron chi connectivity index (χ4n) is 2.07. The van der Waals surface area contributed by atoms with Gasteiger partial charge in [0, 0.05) is 22.8 Å². The van der Waals surface area contributed by atoms with Crippen LogP contribution < -0.4 is 10.6 Å². The molecule has 2 rings (SSSR count). The van der Waals surface area contributed by atoms with Crippen LogP contribution in [0.4, 0.5) is 10.5 Å². The molecule has 122 valence electrons. The Bertz CT molecular complexity index is 677. The second kappa shape index (κ2) is 7.68. The number of methoxy groups -OCH3 is 1. The summed E-state index contributed by atoms with van der Waals surface area (Å²) >= 11 is 11.8.